The number of carboxylic acids is 1. The number of aliphatic carboxylic acids is 1. The Bertz CT molecular complexity index is 331. The minimum Gasteiger partial charge on any atom is -0.545 e. The molecule has 0 heterocycles. The zero-order valence-electron chi connectivity index (χ0n) is 8.51. The standard InChI is InChI=1S/C11H10O2.H3N.H2O/c12-11(13)9-5-4-8-10-6-2-1-3-7-10;;/h1-9H,(H,12,13);1H3;1H2. The molecular formula is C11H15NO3. The summed E-state index contributed by atoms with van der Waals surface area (Å²) < 4.78 is 0. The van der Waals surface area contributed by atoms with E-state index in [1.54, 1.807) is 6.08 Å². The number of hydrogen-bond acceptors (Lipinski definition) is 2. The second kappa shape index (κ2) is 8.68. The molecule has 0 radical (unpaired) electrons. The van der Waals surface area contributed by atoms with Crippen LogP contribution >= 0.6 is 0 Å². The molecule has 0 aliphatic carbocycles. The summed E-state index contributed by atoms with van der Waals surface area (Å²) in [6.07, 6.45) is 5.90. The van der Waals surface area contributed by atoms with Gasteiger partial charge in [-0.2, -0.15) is 0 Å². The Kier molecular flexibility index (Phi) is 9.00. The third-order valence-electron chi connectivity index (χ3n) is 1.43. The molecule has 0 aliphatic heterocycles. The van der Waals surface area contributed by atoms with Gasteiger partial charge in [0.05, 0.1) is 5.97 Å². The molecular weight excluding hydrogens is 194 g/mol. The quantitative estimate of drug-likeness (QED) is 0.579. The molecule has 0 aliphatic rings. The predicted molar refractivity (Wildman–Crippen MR) is 59.2 cm³/mol. The van der Waals surface area contributed by atoms with E-state index in [1.165, 1.54) is 6.08 Å². The van der Waals surface area contributed by atoms with E-state index in [0.717, 1.165) is 11.6 Å². The van der Waals surface area contributed by atoms with Crippen molar-refractivity contribution in [3.8, 4) is 0 Å². The van der Waals surface area contributed by atoms with Crippen molar-refractivity contribution < 1.29 is 15.4 Å². The fraction of sp³-hybridized carbons (Fsp3) is 0. The van der Waals surface area contributed by atoms with E-state index in [-0.39, 0.29) is 11.6 Å². The van der Waals surface area contributed by atoms with Crippen LogP contribution < -0.4 is 11.3 Å². The highest BCUT2D eigenvalue weighted by atomic mass is 16.4. The zero-order valence-corrected chi connectivity index (χ0v) is 8.51. The molecule has 1 aromatic rings. The average molecular weight is 209 g/mol. The predicted octanol–water partition coefficient (Wildman–Crippen LogP) is 0.557. The molecule has 0 fully saturated rings. The molecule has 6 N–H and O–H groups in total. The Hall–Kier alpha value is -1.91. The van der Waals surface area contributed by atoms with E-state index in [2.05, 4.69) is 0 Å². The highest BCUT2D eigenvalue weighted by Gasteiger charge is 1.79. The van der Waals surface area contributed by atoms with Crippen LogP contribution in [0.1, 0.15) is 5.56 Å². The first-order valence-electron chi connectivity index (χ1n) is 3.90. The van der Waals surface area contributed by atoms with Gasteiger partial charge in [0.1, 0.15) is 0 Å². The number of quaternary nitrogens is 1. The first kappa shape index (κ1) is 15.6. The Morgan fingerprint density at radius 3 is 2.27 bits per heavy atom. The lowest BCUT2D eigenvalue weighted by Gasteiger charge is -1.89. The summed E-state index contributed by atoms with van der Waals surface area (Å²) in [6, 6.07) is 9.63. The van der Waals surface area contributed by atoms with Crippen LogP contribution in [0.5, 0.6) is 0 Å². The van der Waals surface area contributed by atoms with Crippen LogP contribution in [-0.4, -0.2) is 11.4 Å². The summed E-state index contributed by atoms with van der Waals surface area (Å²) in [5, 5.41) is 9.98. The van der Waals surface area contributed by atoms with Crippen molar-refractivity contribution in [1.29, 1.82) is 0 Å². The molecule has 4 heteroatoms. The second-order valence-corrected chi connectivity index (χ2v) is 2.45. The number of rotatable bonds is 3. The zero-order chi connectivity index (χ0) is 9.52. The lowest BCUT2D eigenvalue weighted by atomic mass is 10.2. The fourth-order valence-corrected chi connectivity index (χ4v) is 0.865. The number of allylic oxidation sites excluding steroid dienone is 2. The lowest BCUT2D eigenvalue weighted by molar-refractivity contribution is -0.297. The van der Waals surface area contributed by atoms with Crippen molar-refractivity contribution in [2.24, 2.45) is 0 Å². The Morgan fingerprint density at radius 2 is 1.73 bits per heavy atom. The third-order valence-corrected chi connectivity index (χ3v) is 1.43. The molecule has 0 amide bonds. The van der Waals surface area contributed by atoms with Gasteiger partial charge < -0.3 is 21.5 Å². The van der Waals surface area contributed by atoms with Crippen LogP contribution in [-0.2, 0) is 4.79 Å². The maximum Gasteiger partial charge on any atom is 0.0642 e. The van der Waals surface area contributed by atoms with Crippen LogP contribution in [0.25, 0.3) is 6.08 Å². The first-order valence-corrected chi connectivity index (χ1v) is 3.90. The minimum absolute atomic E-state index is 0. The number of hydrogen-bond donors (Lipinski definition) is 1. The van der Waals surface area contributed by atoms with E-state index < -0.39 is 5.97 Å². The molecule has 0 saturated heterocycles. The molecule has 0 aromatic heterocycles. The average Bonchev–Trinajstić information content (AvgIpc) is 2.14. The minimum atomic E-state index is -1.18. The van der Waals surface area contributed by atoms with Gasteiger partial charge in [-0.1, -0.05) is 48.6 Å². The smallest absolute Gasteiger partial charge is 0.0642 e. The van der Waals surface area contributed by atoms with Crippen LogP contribution in [0.3, 0.4) is 0 Å². The van der Waals surface area contributed by atoms with Crippen LogP contribution in [0.15, 0.2) is 48.6 Å². The Morgan fingerprint density at radius 1 is 1.13 bits per heavy atom. The van der Waals surface area contributed by atoms with E-state index in [4.69, 9.17) is 0 Å². The molecule has 82 valence electrons. The highest BCUT2D eigenvalue weighted by molar-refractivity contribution is 5.78. The summed E-state index contributed by atoms with van der Waals surface area (Å²) in [4.78, 5) is 9.98. The summed E-state index contributed by atoms with van der Waals surface area (Å²) in [5.74, 6) is -1.18. The molecule has 4 nitrogen and oxygen atoms in total. The molecule has 0 saturated carbocycles. The topological polar surface area (TPSA) is 108 Å². The number of carbonyl (C=O) groups is 1. The van der Waals surface area contributed by atoms with Gasteiger partial charge >= 0.3 is 0 Å². The van der Waals surface area contributed by atoms with Gasteiger partial charge in [0, 0.05) is 0 Å². The van der Waals surface area contributed by atoms with Crippen LogP contribution in [0, 0.1) is 0 Å². The normalized spacial score (nSPS) is 9.60. The maximum atomic E-state index is 9.98. The van der Waals surface area contributed by atoms with Crippen molar-refractivity contribution in [2.75, 3.05) is 0 Å². The monoisotopic (exact) mass is 209 g/mol. The molecule has 0 bridgehead atoms. The van der Waals surface area contributed by atoms with E-state index in [1.807, 2.05) is 36.4 Å². The molecule has 0 unspecified atom stereocenters. The van der Waals surface area contributed by atoms with Crippen molar-refractivity contribution in [3.05, 3.63) is 54.1 Å². The van der Waals surface area contributed by atoms with Gasteiger partial charge in [0.2, 0.25) is 0 Å². The van der Waals surface area contributed by atoms with Gasteiger partial charge in [-0.15, -0.1) is 0 Å². The Balaban J connectivity index is 0. The molecule has 1 aromatic carbocycles. The highest BCUT2D eigenvalue weighted by Crippen LogP contribution is 2.00. The largest absolute Gasteiger partial charge is 0.545 e. The molecule has 0 spiro atoms. The van der Waals surface area contributed by atoms with Crippen LogP contribution in [0.2, 0.25) is 0 Å². The Labute approximate surface area is 88.4 Å². The van der Waals surface area contributed by atoms with Crippen molar-refractivity contribution in [1.82, 2.24) is 6.15 Å². The summed E-state index contributed by atoms with van der Waals surface area (Å²) in [7, 11) is 0. The van der Waals surface area contributed by atoms with Gasteiger partial charge in [0.25, 0.3) is 0 Å². The number of carbonyl (C=O) groups excluding carboxylic acids is 1. The maximum absolute atomic E-state index is 9.98. The second-order valence-electron chi connectivity index (χ2n) is 2.45. The van der Waals surface area contributed by atoms with Crippen molar-refractivity contribution >= 4 is 12.0 Å². The SMILES string of the molecule is O.O=C([O-])C=CC=Cc1ccccc1.[NH4+]. The van der Waals surface area contributed by atoms with E-state index in [0.29, 0.717) is 0 Å². The number of carboxylic acid groups (broad SMARTS) is 1. The molecule has 1 rings (SSSR count). The van der Waals surface area contributed by atoms with E-state index in [9.17, 15) is 9.90 Å². The van der Waals surface area contributed by atoms with Crippen LogP contribution in [0.4, 0.5) is 0 Å². The van der Waals surface area contributed by atoms with Gasteiger partial charge in [-0.05, 0) is 11.6 Å². The number of benzene rings is 1. The summed E-state index contributed by atoms with van der Waals surface area (Å²) >= 11 is 0. The van der Waals surface area contributed by atoms with Gasteiger partial charge in [-0.25, -0.2) is 0 Å². The fourth-order valence-electron chi connectivity index (χ4n) is 0.865. The molecule has 0 atom stereocenters. The first-order chi connectivity index (χ1) is 6.29. The van der Waals surface area contributed by atoms with Gasteiger partial charge in [-0.3, -0.25) is 0 Å². The van der Waals surface area contributed by atoms with Crippen molar-refractivity contribution in [3.63, 3.8) is 0 Å². The van der Waals surface area contributed by atoms with E-state index >= 15 is 0 Å². The lowest BCUT2D eigenvalue weighted by Crippen LogP contribution is -2.18. The summed E-state index contributed by atoms with van der Waals surface area (Å²) in [6.45, 7) is 0. The van der Waals surface area contributed by atoms with Gasteiger partial charge in [0.15, 0.2) is 0 Å². The molecule has 15 heavy (non-hydrogen) atoms. The third kappa shape index (κ3) is 7.18. The van der Waals surface area contributed by atoms with Crippen molar-refractivity contribution in [2.45, 2.75) is 0 Å². The summed E-state index contributed by atoms with van der Waals surface area (Å²) in [5.41, 5.74) is 1.03.